The number of methoxy groups -OCH3 is 2. The molecule has 3 rings (SSSR count). The van der Waals surface area contributed by atoms with Gasteiger partial charge in [-0.15, -0.1) is 0 Å². The van der Waals surface area contributed by atoms with Gasteiger partial charge in [-0.3, -0.25) is 4.79 Å². The Bertz CT molecular complexity index is 980. The summed E-state index contributed by atoms with van der Waals surface area (Å²) < 4.78 is 15.6. The van der Waals surface area contributed by atoms with Crippen molar-refractivity contribution in [1.82, 2.24) is 10.6 Å². The number of carboxylic acids is 1. The number of carbonyl (C=O) groups excluding carboxylic acids is 2. The zero-order chi connectivity index (χ0) is 24.7. The lowest BCUT2D eigenvalue weighted by atomic mass is 9.98. The molecule has 3 N–H and O–H groups in total. The van der Waals surface area contributed by atoms with Crippen LogP contribution in [0.15, 0.2) is 48.5 Å². The summed E-state index contributed by atoms with van der Waals surface area (Å²) in [5, 5.41) is 14.4. The summed E-state index contributed by atoms with van der Waals surface area (Å²) in [6.45, 7) is 1.80. The minimum atomic E-state index is -1.27. The summed E-state index contributed by atoms with van der Waals surface area (Å²) in [7, 11) is 2.82. The number of fused-ring (bicyclic) bond motifs is 3. The first-order valence-electron chi connectivity index (χ1n) is 11.0. The van der Waals surface area contributed by atoms with Crippen LogP contribution in [0.25, 0.3) is 11.1 Å². The van der Waals surface area contributed by atoms with Crippen LogP contribution in [-0.4, -0.2) is 68.7 Å². The Hall–Kier alpha value is -3.43. The molecular formula is C25H30N2O7. The van der Waals surface area contributed by atoms with Crippen molar-refractivity contribution in [3.05, 3.63) is 59.7 Å². The normalized spacial score (nSPS) is 14.9. The molecule has 34 heavy (non-hydrogen) atoms. The SMILES string of the molecule is COCCC(NC(=O)OCC1c2ccccc2-c2ccccc21)C(=O)NC(C(=O)O)C(C)OC. The summed E-state index contributed by atoms with van der Waals surface area (Å²) in [6, 6.07) is 13.6. The fourth-order valence-corrected chi connectivity index (χ4v) is 4.06. The van der Waals surface area contributed by atoms with Crippen LogP contribution >= 0.6 is 0 Å². The van der Waals surface area contributed by atoms with Crippen molar-refractivity contribution < 1.29 is 33.7 Å². The molecule has 0 heterocycles. The molecule has 0 saturated heterocycles. The Morgan fingerprint density at radius 3 is 2.09 bits per heavy atom. The topological polar surface area (TPSA) is 123 Å². The van der Waals surface area contributed by atoms with E-state index in [1.807, 2.05) is 48.5 Å². The number of hydrogen-bond acceptors (Lipinski definition) is 6. The minimum Gasteiger partial charge on any atom is -0.480 e. The Labute approximate surface area is 198 Å². The van der Waals surface area contributed by atoms with Gasteiger partial charge in [-0.1, -0.05) is 48.5 Å². The third kappa shape index (κ3) is 5.73. The number of alkyl carbamates (subject to hydrolysis) is 1. The average Bonchev–Trinajstić information content (AvgIpc) is 3.16. The molecule has 0 spiro atoms. The van der Waals surface area contributed by atoms with E-state index in [0.29, 0.717) is 0 Å². The van der Waals surface area contributed by atoms with E-state index in [4.69, 9.17) is 14.2 Å². The summed E-state index contributed by atoms with van der Waals surface area (Å²) in [5.74, 6) is -2.03. The number of carboxylic acid groups (broad SMARTS) is 1. The third-order valence-electron chi connectivity index (χ3n) is 5.97. The zero-order valence-electron chi connectivity index (χ0n) is 19.4. The van der Waals surface area contributed by atoms with Gasteiger partial charge in [0.1, 0.15) is 12.6 Å². The molecule has 1 aliphatic carbocycles. The number of amides is 2. The fourth-order valence-electron chi connectivity index (χ4n) is 4.06. The second-order valence-electron chi connectivity index (χ2n) is 8.07. The van der Waals surface area contributed by atoms with E-state index in [1.165, 1.54) is 21.1 Å². The number of nitrogens with one attached hydrogen (secondary N) is 2. The predicted molar refractivity (Wildman–Crippen MR) is 125 cm³/mol. The molecule has 0 radical (unpaired) electrons. The molecule has 3 unspecified atom stereocenters. The Balaban J connectivity index is 1.66. The number of carbonyl (C=O) groups is 3. The molecule has 182 valence electrons. The highest BCUT2D eigenvalue weighted by Crippen LogP contribution is 2.44. The number of ether oxygens (including phenoxy) is 3. The lowest BCUT2D eigenvalue weighted by Gasteiger charge is -2.24. The van der Waals surface area contributed by atoms with Crippen molar-refractivity contribution in [3.63, 3.8) is 0 Å². The van der Waals surface area contributed by atoms with Crippen LogP contribution in [0, 0.1) is 0 Å². The Kier molecular flexibility index (Phi) is 8.61. The second kappa shape index (κ2) is 11.6. The fraction of sp³-hybridized carbons (Fsp3) is 0.400. The van der Waals surface area contributed by atoms with Gasteiger partial charge in [-0.2, -0.15) is 0 Å². The molecule has 0 fully saturated rings. The highest BCUT2D eigenvalue weighted by molar-refractivity contribution is 5.89. The molecule has 2 amide bonds. The monoisotopic (exact) mass is 470 g/mol. The van der Waals surface area contributed by atoms with E-state index in [2.05, 4.69) is 10.6 Å². The van der Waals surface area contributed by atoms with Crippen LogP contribution in [0.3, 0.4) is 0 Å². The van der Waals surface area contributed by atoms with E-state index in [0.717, 1.165) is 22.3 Å². The van der Waals surface area contributed by atoms with Gasteiger partial charge in [0.15, 0.2) is 6.04 Å². The van der Waals surface area contributed by atoms with E-state index < -0.39 is 36.2 Å². The van der Waals surface area contributed by atoms with Crippen LogP contribution in [0.5, 0.6) is 0 Å². The van der Waals surface area contributed by atoms with Crippen molar-refractivity contribution in [1.29, 1.82) is 0 Å². The van der Waals surface area contributed by atoms with Crippen LogP contribution in [0.2, 0.25) is 0 Å². The molecule has 2 aromatic rings. The Morgan fingerprint density at radius 2 is 1.56 bits per heavy atom. The van der Waals surface area contributed by atoms with Gasteiger partial charge in [0.05, 0.1) is 6.10 Å². The van der Waals surface area contributed by atoms with Gasteiger partial charge in [-0.05, 0) is 29.2 Å². The molecule has 9 heteroatoms. The smallest absolute Gasteiger partial charge is 0.407 e. The first-order chi connectivity index (χ1) is 16.4. The van der Waals surface area contributed by atoms with E-state index in [1.54, 1.807) is 0 Å². The molecule has 9 nitrogen and oxygen atoms in total. The van der Waals surface area contributed by atoms with E-state index in [9.17, 15) is 19.5 Å². The molecule has 1 aliphatic rings. The zero-order valence-corrected chi connectivity index (χ0v) is 19.4. The summed E-state index contributed by atoms with van der Waals surface area (Å²) >= 11 is 0. The van der Waals surface area contributed by atoms with E-state index in [-0.39, 0.29) is 25.6 Å². The van der Waals surface area contributed by atoms with Crippen molar-refractivity contribution in [3.8, 4) is 11.1 Å². The van der Waals surface area contributed by atoms with Crippen molar-refractivity contribution in [2.75, 3.05) is 27.4 Å². The molecule has 2 aromatic carbocycles. The number of hydrogen-bond donors (Lipinski definition) is 3. The van der Waals surface area contributed by atoms with Crippen molar-refractivity contribution in [2.24, 2.45) is 0 Å². The molecule has 0 saturated carbocycles. The Morgan fingerprint density at radius 1 is 0.971 bits per heavy atom. The lowest BCUT2D eigenvalue weighted by molar-refractivity contribution is -0.145. The summed E-state index contributed by atoms with van der Waals surface area (Å²) in [4.78, 5) is 36.9. The quantitative estimate of drug-likeness (QED) is 0.461. The molecule has 3 atom stereocenters. The largest absolute Gasteiger partial charge is 0.480 e. The first kappa shape index (κ1) is 25.2. The molecular weight excluding hydrogens is 440 g/mol. The molecule has 0 aliphatic heterocycles. The highest BCUT2D eigenvalue weighted by Gasteiger charge is 2.32. The number of benzene rings is 2. The standard InChI is InChI=1S/C25H30N2O7/c1-15(33-3)22(24(29)30)27-23(28)21(12-13-32-2)26-25(31)34-14-20-18-10-6-4-8-16(18)17-9-5-7-11-19(17)20/h4-11,15,20-22H,12-14H2,1-3H3,(H,26,31)(H,27,28)(H,29,30). The van der Waals surface area contributed by atoms with Gasteiger partial charge in [-0.25, -0.2) is 9.59 Å². The van der Waals surface area contributed by atoms with Crippen LogP contribution in [0.4, 0.5) is 4.79 Å². The first-order valence-corrected chi connectivity index (χ1v) is 11.0. The van der Waals surface area contributed by atoms with Crippen molar-refractivity contribution in [2.45, 2.75) is 37.5 Å². The third-order valence-corrected chi connectivity index (χ3v) is 5.97. The highest BCUT2D eigenvalue weighted by atomic mass is 16.5. The number of rotatable bonds is 11. The average molecular weight is 471 g/mol. The molecule has 0 bridgehead atoms. The summed E-state index contributed by atoms with van der Waals surface area (Å²) in [5.41, 5.74) is 4.36. The predicted octanol–water partition coefficient (Wildman–Crippen LogP) is 2.53. The maximum Gasteiger partial charge on any atom is 0.407 e. The van der Waals surface area contributed by atoms with Gasteiger partial charge in [0.25, 0.3) is 0 Å². The van der Waals surface area contributed by atoms with Gasteiger partial charge in [0, 0.05) is 33.2 Å². The molecule has 0 aromatic heterocycles. The maximum atomic E-state index is 12.8. The van der Waals surface area contributed by atoms with Gasteiger partial charge >= 0.3 is 12.1 Å². The second-order valence-corrected chi connectivity index (χ2v) is 8.07. The summed E-state index contributed by atoms with van der Waals surface area (Å²) in [6.07, 6.45) is -1.40. The van der Waals surface area contributed by atoms with Crippen LogP contribution in [0.1, 0.15) is 30.4 Å². The van der Waals surface area contributed by atoms with Crippen molar-refractivity contribution >= 4 is 18.0 Å². The maximum absolute atomic E-state index is 12.8. The van der Waals surface area contributed by atoms with Crippen LogP contribution in [-0.2, 0) is 23.8 Å². The van der Waals surface area contributed by atoms with Gasteiger partial charge in [0.2, 0.25) is 5.91 Å². The van der Waals surface area contributed by atoms with E-state index >= 15 is 0 Å². The number of aliphatic carboxylic acids is 1. The van der Waals surface area contributed by atoms with Gasteiger partial charge < -0.3 is 30.0 Å². The van der Waals surface area contributed by atoms with Crippen LogP contribution < -0.4 is 10.6 Å². The lowest BCUT2D eigenvalue weighted by Crippen LogP contribution is -2.55. The minimum absolute atomic E-state index is 0.0942.